The number of alkyl halides is 1. The predicted octanol–water partition coefficient (Wildman–Crippen LogP) is 4.90. The van der Waals surface area contributed by atoms with Gasteiger partial charge in [0.2, 0.25) is 0 Å². The average Bonchev–Trinajstić information content (AvgIpc) is 2.49. The van der Waals surface area contributed by atoms with Crippen LogP contribution in [0.15, 0.2) is 30.3 Å². The lowest BCUT2D eigenvalue weighted by molar-refractivity contribution is 0.352. The smallest absolute Gasteiger partial charge is 0.130 e. The van der Waals surface area contributed by atoms with E-state index in [0.717, 1.165) is 24.2 Å². The van der Waals surface area contributed by atoms with Gasteiger partial charge >= 0.3 is 0 Å². The third-order valence-corrected chi connectivity index (χ3v) is 4.88. The Balaban J connectivity index is 1.95. The lowest BCUT2D eigenvalue weighted by Crippen LogP contribution is -2.42. The molecule has 1 saturated carbocycles. The fraction of sp³-hybridized carbons (Fsp3) is 0.471. The first kappa shape index (κ1) is 13.7. The number of hydrogen-bond acceptors (Lipinski definition) is 2. The standard InChI is InChI=1S/C17H21ClN2/c1-13-11-14-7-3-4-8-15(14)19-16(13)20-17(12-18)9-5-2-6-10-17/h3-4,7-8,11H,2,5-6,9-10,12H2,1H3,(H,19,20). The van der Waals surface area contributed by atoms with Crippen molar-refractivity contribution in [3.05, 3.63) is 35.9 Å². The molecule has 3 rings (SSSR count). The van der Waals surface area contributed by atoms with Gasteiger partial charge in [-0.05, 0) is 37.5 Å². The summed E-state index contributed by atoms with van der Waals surface area (Å²) in [5, 5.41) is 4.86. The quantitative estimate of drug-likeness (QED) is 0.813. The molecule has 2 aromatic rings. The van der Waals surface area contributed by atoms with E-state index in [1.807, 2.05) is 6.07 Å². The number of rotatable bonds is 3. The molecule has 3 heteroatoms. The molecule has 106 valence electrons. The van der Waals surface area contributed by atoms with Crippen molar-refractivity contribution in [3.8, 4) is 0 Å². The highest BCUT2D eigenvalue weighted by Crippen LogP contribution is 2.33. The van der Waals surface area contributed by atoms with Crippen LogP contribution in [0, 0.1) is 6.92 Å². The molecule has 1 aliphatic rings. The molecule has 1 aromatic heterocycles. The number of benzene rings is 1. The van der Waals surface area contributed by atoms with Gasteiger partial charge in [0.25, 0.3) is 0 Å². The minimum absolute atomic E-state index is 0.0278. The van der Waals surface area contributed by atoms with E-state index in [1.165, 1.54) is 30.2 Å². The van der Waals surface area contributed by atoms with Gasteiger partial charge in [-0.1, -0.05) is 37.5 Å². The zero-order valence-corrected chi connectivity index (χ0v) is 12.7. The Labute approximate surface area is 125 Å². The van der Waals surface area contributed by atoms with Crippen LogP contribution in [0.1, 0.15) is 37.7 Å². The van der Waals surface area contributed by atoms with Crippen LogP contribution < -0.4 is 5.32 Å². The van der Waals surface area contributed by atoms with Crippen LogP contribution in [0.3, 0.4) is 0 Å². The number of fused-ring (bicyclic) bond motifs is 1. The molecule has 20 heavy (non-hydrogen) atoms. The third kappa shape index (κ3) is 2.62. The summed E-state index contributed by atoms with van der Waals surface area (Å²) < 4.78 is 0. The van der Waals surface area contributed by atoms with Gasteiger partial charge in [0.1, 0.15) is 5.82 Å². The van der Waals surface area contributed by atoms with Crippen molar-refractivity contribution in [1.82, 2.24) is 4.98 Å². The van der Waals surface area contributed by atoms with Crippen LogP contribution >= 0.6 is 11.6 Å². The van der Waals surface area contributed by atoms with E-state index < -0.39 is 0 Å². The van der Waals surface area contributed by atoms with Gasteiger partial charge in [-0.25, -0.2) is 4.98 Å². The Kier molecular flexibility index (Phi) is 3.84. The number of hydrogen-bond donors (Lipinski definition) is 1. The van der Waals surface area contributed by atoms with Crippen molar-refractivity contribution >= 4 is 28.3 Å². The number of pyridine rings is 1. The first-order valence-corrected chi connectivity index (χ1v) is 7.96. The molecule has 0 radical (unpaired) electrons. The topological polar surface area (TPSA) is 24.9 Å². The highest BCUT2D eigenvalue weighted by molar-refractivity contribution is 6.18. The molecule has 1 N–H and O–H groups in total. The molecule has 2 nitrogen and oxygen atoms in total. The first-order valence-electron chi connectivity index (χ1n) is 7.43. The Hall–Kier alpha value is -1.28. The van der Waals surface area contributed by atoms with Gasteiger partial charge in [-0.15, -0.1) is 11.6 Å². The minimum Gasteiger partial charge on any atom is -0.363 e. The van der Waals surface area contributed by atoms with Crippen LogP contribution in [-0.4, -0.2) is 16.4 Å². The molecule has 1 aliphatic carbocycles. The first-order chi connectivity index (χ1) is 9.72. The predicted molar refractivity (Wildman–Crippen MR) is 86.6 cm³/mol. The Bertz CT molecular complexity index is 603. The number of nitrogens with zero attached hydrogens (tertiary/aromatic N) is 1. The second-order valence-corrected chi connectivity index (χ2v) is 6.21. The van der Waals surface area contributed by atoms with E-state index in [-0.39, 0.29) is 5.54 Å². The van der Waals surface area contributed by atoms with E-state index in [9.17, 15) is 0 Å². The highest BCUT2D eigenvalue weighted by Gasteiger charge is 2.31. The van der Waals surface area contributed by atoms with Crippen LogP contribution in [-0.2, 0) is 0 Å². The molecular weight excluding hydrogens is 268 g/mol. The second kappa shape index (κ2) is 5.61. The lowest BCUT2D eigenvalue weighted by Gasteiger charge is -2.37. The molecule has 0 amide bonds. The Morgan fingerprint density at radius 1 is 1.20 bits per heavy atom. The summed E-state index contributed by atoms with van der Waals surface area (Å²) in [5.74, 6) is 1.65. The van der Waals surface area contributed by atoms with Crippen molar-refractivity contribution in [1.29, 1.82) is 0 Å². The van der Waals surface area contributed by atoms with Crippen molar-refractivity contribution in [3.63, 3.8) is 0 Å². The van der Waals surface area contributed by atoms with Crippen molar-refractivity contribution in [2.24, 2.45) is 0 Å². The van der Waals surface area contributed by atoms with Crippen LogP contribution in [0.4, 0.5) is 5.82 Å². The highest BCUT2D eigenvalue weighted by atomic mass is 35.5. The molecule has 0 spiro atoms. The van der Waals surface area contributed by atoms with Crippen LogP contribution in [0.25, 0.3) is 10.9 Å². The summed E-state index contributed by atoms with van der Waals surface area (Å²) in [6.45, 7) is 2.12. The van der Waals surface area contributed by atoms with Gasteiger partial charge in [-0.2, -0.15) is 0 Å². The molecule has 1 heterocycles. The average molecular weight is 289 g/mol. The van der Waals surface area contributed by atoms with E-state index in [1.54, 1.807) is 0 Å². The summed E-state index contributed by atoms with van der Waals surface area (Å²) in [6.07, 6.45) is 6.12. The number of nitrogens with one attached hydrogen (secondary N) is 1. The summed E-state index contributed by atoms with van der Waals surface area (Å²) in [4.78, 5) is 4.79. The lowest BCUT2D eigenvalue weighted by atomic mass is 9.83. The number of anilines is 1. The maximum Gasteiger partial charge on any atom is 0.130 e. The second-order valence-electron chi connectivity index (χ2n) is 5.95. The summed E-state index contributed by atoms with van der Waals surface area (Å²) >= 11 is 6.27. The molecular formula is C17H21ClN2. The molecule has 0 saturated heterocycles. The summed E-state index contributed by atoms with van der Waals surface area (Å²) in [7, 11) is 0. The molecule has 0 atom stereocenters. The Morgan fingerprint density at radius 2 is 1.95 bits per heavy atom. The van der Waals surface area contributed by atoms with Gasteiger partial charge in [0.05, 0.1) is 11.1 Å². The van der Waals surface area contributed by atoms with Gasteiger partial charge in [-0.3, -0.25) is 0 Å². The normalized spacial score (nSPS) is 18.1. The largest absolute Gasteiger partial charge is 0.363 e. The number of aryl methyl sites for hydroxylation is 1. The fourth-order valence-electron chi connectivity index (χ4n) is 3.12. The maximum absolute atomic E-state index is 6.27. The molecule has 1 fully saturated rings. The molecule has 0 bridgehead atoms. The van der Waals surface area contributed by atoms with Gasteiger partial charge in [0.15, 0.2) is 0 Å². The SMILES string of the molecule is Cc1cc2ccccc2nc1NC1(CCl)CCCCC1. The number of halogens is 1. The monoisotopic (exact) mass is 288 g/mol. The van der Waals surface area contributed by atoms with Crippen LogP contribution in [0.2, 0.25) is 0 Å². The number of para-hydroxylation sites is 1. The summed E-state index contributed by atoms with van der Waals surface area (Å²) in [5.41, 5.74) is 2.26. The zero-order valence-electron chi connectivity index (χ0n) is 12.0. The van der Waals surface area contributed by atoms with E-state index in [4.69, 9.17) is 16.6 Å². The van der Waals surface area contributed by atoms with Crippen molar-refractivity contribution in [2.75, 3.05) is 11.2 Å². The third-order valence-electron chi connectivity index (χ3n) is 4.36. The summed E-state index contributed by atoms with van der Waals surface area (Å²) in [6, 6.07) is 10.5. The maximum atomic E-state index is 6.27. The molecule has 0 aliphatic heterocycles. The number of aromatic nitrogens is 1. The van der Waals surface area contributed by atoms with E-state index in [2.05, 4.69) is 36.5 Å². The van der Waals surface area contributed by atoms with Gasteiger partial charge in [0, 0.05) is 11.3 Å². The van der Waals surface area contributed by atoms with E-state index in [0.29, 0.717) is 5.88 Å². The molecule has 1 aromatic carbocycles. The minimum atomic E-state index is 0.0278. The molecule has 0 unspecified atom stereocenters. The van der Waals surface area contributed by atoms with Gasteiger partial charge < -0.3 is 5.32 Å². The van der Waals surface area contributed by atoms with Crippen molar-refractivity contribution < 1.29 is 0 Å². The van der Waals surface area contributed by atoms with E-state index >= 15 is 0 Å². The Morgan fingerprint density at radius 3 is 2.70 bits per heavy atom. The van der Waals surface area contributed by atoms with Crippen LogP contribution in [0.5, 0.6) is 0 Å². The zero-order chi connectivity index (χ0) is 14.0. The van der Waals surface area contributed by atoms with Crippen molar-refractivity contribution in [2.45, 2.75) is 44.6 Å². The fourth-order valence-corrected chi connectivity index (χ4v) is 3.45.